The van der Waals surface area contributed by atoms with E-state index in [1.54, 1.807) is 31.5 Å². The molecule has 1 aromatic carbocycles. The summed E-state index contributed by atoms with van der Waals surface area (Å²) in [7, 11) is 3.12. The van der Waals surface area contributed by atoms with Gasteiger partial charge in [-0.1, -0.05) is 0 Å². The third-order valence-corrected chi connectivity index (χ3v) is 2.62. The summed E-state index contributed by atoms with van der Waals surface area (Å²) in [6.07, 6.45) is 2.44. The summed E-state index contributed by atoms with van der Waals surface area (Å²) in [4.78, 5) is 15.3. The normalized spacial score (nSPS) is 9.89. The van der Waals surface area contributed by atoms with Crippen molar-refractivity contribution in [3.63, 3.8) is 0 Å². The van der Waals surface area contributed by atoms with E-state index in [1.807, 2.05) is 12.1 Å². The summed E-state index contributed by atoms with van der Waals surface area (Å²) in [6.45, 7) is 0. The van der Waals surface area contributed by atoms with Gasteiger partial charge in [0.15, 0.2) is 6.29 Å². The molecule has 0 saturated carbocycles. The quantitative estimate of drug-likeness (QED) is 0.774. The fourth-order valence-electron chi connectivity index (χ4n) is 1.75. The molecule has 0 radical (unpaired) electrons. The maximum absolute atomic E-state index is 11.0. The number of aldehydes is 1. The van der Waals surface area contributed by atoms with Gasteiger partial charge in [-0.25, -0.2) is 0 Å². The first kappa shape index (κ1) is 12.1. The zero-order chi connectivity index (χ0) is 13.0. The number of pyridine rings is 1. The fraction of sp³-hybridized carbons (Fsp3) is 0.143. The van der Waals surface area contributed by atoms with Crippen LogP contribution in [0.2, 0.25) is 0 Å². The number of hydrogen-bond acceptors (Lipinski definition) is 4. The third-order valence-electron chi connectivity index (χ3n) is 2.62. The van der Waals surface area contributed by atoms with E-state index < -0.39 is 0 Å². The van der Waals surface area contributed by atoms with Crippen LogP contribution in [0.25, 0.3) is 11.3 Å². The summed E-state index contributed by atoms with van der Waals surface area (Å²) in [5, 5.41) is 0. The second-order valence-corrected chi connectivity index (χ2v) is 3.63. The first-order valence-corrected chi connectivity index (χ1v) is 5.42. The van der Waals surface area contributed by atoms with Crippen molar-refractivity contribution in [3.8, 4) is 22.8 Å². The molecule has 18 heavy (non-hydrogen) atoms. The van der Waals surface area contributed by atoms with Crippen molar-refractivity contribution < 1.29 is 14.3 Å². The number of carbonyl (C=O) groups excluding carboxylic acids is 1. The highest BCUT2D eigenvalue weighted by Gasteiger charge is 2.09. The Balaban J connectivity index is 2.54. The van der Waals surface area contributed by atoms with Crippen LogP contribution in [0.4, 0.5) is 0 Å². The second kappa shape index (κ2) is 5.31. The van der Waals surface area contributed by atoms with E-state index in [1.165, 1.54) is 7.11 Å². The van der Waals surface area contributed by atoms with Crippen molar-refractivity contribution in [1.29, 1.82) is 0 Å². The van der Waals surface area contributed by atoms with Crippen molar-refractivity contribution in [2.24, 2.45) is 0 Å². The van der Waals surface area contributed by atoms with Gasteiger partial charge in [-0.3, -0.25) is 9.78 Å². The van der Waals surface area contributed by atoms with Crippen molar-refractivity contribution >= 4 is 6.29 Å². The summed E-state index contributed by atoms with van der Waals surface area (Å²) in [5.74, 6) is 1.21. The minimum Gasteiger partial charge on any atom is -0.496 e. The molecular formula is C14H13NO3. The highest BCUT2D eigenvalue weighted by Crippen LogP contribution is 2.30. The Morgan fingerprint density at radius 3 is 2.56 bits per heavy atom. The predicted molar refractivity (Wildman–Crippen MR) is 68.2 cm³/mol. The summed E-state index contributed by atoms with van der Waals surface area (Å²) < 4.78 is 10.3. The summed E-state index contributed by atoms with van der Waals surface area (Å²) >= 11 is 0. The van der Waals surface area contributed by atoms with E-state index in [2.05, 4.69) is 4.98 Å². The second-order valence-electron chi connectivity index (χ2n) is 3.63. The Morgan fingerprint density at radius 1 is 1.11 bits per heavy atom. The molecule has 0 N–H and O–H groups in total. The summed E-state index contributed by atoms with van der Waals surface area (Å²) in [6, 6.07) is 8.94. The molecule has 0 bridgehead atoms. The molecule has 4 nitrogen and oxygen atoms in total. The van der Waals surface area contributed by atoms with E-state index in [9.17, 15) is 4.79 Å². The molecule has 0 aliphatic rings. The van der Waals surface area contributed by atoms with Gasteiger partial charge in [-0.2, -0.15) is 0 Å². The molecule has 1 heterocycles. The number of carbonyl (C=O) groups is 1. The van der Waals surface area contributed by atoms with Crippen LogP contribution in [-0.4, -0.2) is 25.5 Å². The van der Waals surface area contributed by atoms with Crippen molar-refractivity contribution in [3.05, 3.63) is 42.1 Å². The molecule has 2 rings (SSSR count). The van der Waals surface area contributed by atoms with Crippen LogP contribution in [0.5, 0.6) is 11.5 Å². The van der Waals surface area contributed by atoms with Gasteiger partial charge in [0, 0.05) is 11.8 Å². The molecule has 0 amide bonds. The van der Waals surface area contributed by atoms with Gasteiger partial charge in [-0.05, 0) is 30.3 Å². The average molecular weight is 243 g/mol. The molecule has 92 valence electrons. The van der Waals surface area contributed by atoms with Crippen molar-refractivity contribution in [2.45, 2.75) is 0 Å². The van der Waals surface area contributed by atoms with Crippen molar-refractivity contribution in [2.75, 3.05) is 14.2 Å². The van der Waals surface area contributed by atoms with E-state index >= 15 is 0 Å². The molecule has 4 heteroatoms. The SMILES string of the molecule is COc1ccc(-c2ncccc2OC)cc1C=O. The Kier molecular flexibility index (Phi) is 3.57. The lowest BCUT2D eigenvalue weighted by molar-refractivity contribution is 0.112. The monoisotopic (exact) mass is 243 g/mol. The first-order valence-electron chi connectivity index (χ1n) is 5.42. The number of benzene rings is 1. The lowest BCUT2D eigenvalue weighted by atomic mass is 10.1. The topological polar surface area (TPSA) is 48.4 Å². The van der Waals surface area contributed by atoms with E-state index in [-0.39, 0.29) is 0 Å². The fourth-order valence-corrected chi connectivity index (χ4v) is 1.75. The van der Waals surface area contributed by atoms with Gasteiger partial charge in [0.05, 0.1) is 19.8 Å². The molecule has 0 spiro atoms. The molecule has 0 atom stereocenters. The number of hydrogen-bond donors (Lipinski definition) is 0. The maximum atomic E-state index is 11.0. The van der Waals surface area contributed by atoms with Crippen LogP contribution >= 0.6 is 0 Å². The zero-order valence-corrected chi connectivity index (χ0v) is 10.2. The maximum Gasteiger partial charge on any atom is 0.153 e. The zero-order valence-electron chi connectivity index (χ0n) is 10.2. The predicted octanol–water partition coefficient (Wildman–Crippen LogP) is 2.58. The van der Waals surface area contributed by atoms with E-state index in [0.29, 0.717) is 22.8 Å². The van der Waals surface area contributed by atoms with Crippen molar-refractivity contribution in [1.82, 2.24) is 4.98 Å². The molecule has 2 aromatic rings. The van der Waals surface area contributed by atoms with Crippen LogP contribution < -0.4 is 9.47 Å². The minimum absolute atomic E-state index is 0.489. The average Bonchev–Trinajstić information content (AvgIpc) is 2.46. The number of methoxy groups -OCH3 is 2. The smallest absolute Gasteiger partial charge is 0.153 e. The molecule has 0 aliphatic carbocycles. The van der Waals surface area contributed by atoms with Gasteiger partial charge in [-0.15, -0.1) is 0 Å². The molecule has 0 fully saturated rings. The van der Waals surface area contributed by atoms with Gasteiger partial charge in [0.25, 0.3) is 0 Å². The Labute approximate surface area is 105 Å². The number of rotatable bonds is 4. The standard InChI is InChI=1S/C14H13NO3/c1-17-12-6-5-10(8-11(12)9-16)14-13(18-2)4-3-7-15-14/h3-9H,1-2H3. The minimum atomic E-state index is 0.489. The van der Waals surface area contributed by atoms with Gasteiger partial charge < -0.3 is 9.47 Å². The molecule has 1 aromatic heterocycles. The van der Waals surface area contributed by atoms with Crippen LogP contribution in [0.1, 0.15) is 10.4 Å². The largest absolute Gasteiger partial charge is 0.496 e. The molecule has 0 aliphatic heterocycles. The highest BCUT2D eigenvalue weighted by atomic mass is 16.5. The Morgan fingerprint density at radius 2 is 1.89 bits per heavy atom. The lowest BCUT2D eigenvalue weighted by Gasteiger charge is -2.09. The number of nitrogens with zero attached hydrogens (tertiary/aromatic N) is 1. The van der Waals surface area contributed by atoms with E-state index in [0.717, 1.165) is 11.8 Å². The van der Waals surface area contributed by atoms with Gasteiger partial charge in [0.2, 0.25) is 0 Å². The first-order chi connectivity index (χ1) is 8.80. The van der Waals surface area contributed by atoms with Crippen LogP contribution in [-0.2, 0) is 0 Å². The van der Waals surface area contributed by atoms with E-state index in [4.69, 9.17) is 9.47 Å². The Hall–Kier alpha value is -2.36. The van der Waals surface area contributed by atoms with Crippen LogP contribution in [0.15, 0.2) is 36.5 Å². The lowest BCUT2D eigenvalue weighted by Crippen LogP contribution is -1.94. The number of ether oxygens (including phenoxy) is 2. The van der Waals surface area contributed by atoms with Gasteiger partial charge in [0.1, 0.15) is 17.2 Å². The number of aromatic nitrogens is 1. The Bertz CT molecular complexity index is 567. The third kappa shape index (κ3) is 2.18. The van der Waals surface area contributed by atoms with Crippen LogP contribution in [0.3, 0.4) is 0 Å². The van der Waals surface area contributed by atoms with Gasteiger partial charge >= 0.3 is 0 Å². The molecule has 0 saturated heterocycles. The summed E-state index contributed by atoms with van der Waals surface area (Å²) in [5.41, 5.74) is 2.00. The molecule has 0 unspecified atom stereocenters. The molecular weight excluding hydrogens is 230 g/mol. The van der Waals surface area contributed by atoms with Crippen LogP contribution in [0, 0.1) is 0 Å². The highest BCUT2D eigenvalue weighted by molar-refractivity contribution is 5.83.